The fraction of sp³-hybridized carbons (Fsp3) is 0.222. The quantitative estimate of drug-likeness (QED) is 0.487. The van der Waals surface area contributed by atoms with Crippen molar-refractivity contribution in [1.82, 2.24) is 19.8 Å². The van der Waals surface area contributed by atoms with Crippen molar-refractivity contribution in [3.05, 3.63) is 22.6 Å². The van der Waals surface area contributed by atoms with Crippen LogP contribution in [0.3, 0.4) is 0 Å². The van der Waals surface area contributed by atoms with Crippen LogP contribution in [-0.4, -0.2) is 45.9 Å². The van der Waals surface area contributed by atoms with E-state index in [-0.39, 0.29) is 0 Å². The summed E-state index contributed by atoms with van der Waals surface area (Å²) in [6.07, 6.45) is 4.18. The summed E-state index contributed by atoms with van der Waals surface area (Å²) in [6, 6.07) is 0. The Bertz CT molecular complexity index is 507. The number of nitrogens with zero attached hydrogens (tertiary/aromatic N) is 4. The minimum Gasteiger partial charge on any atom is -0.466 e. The first-order valence-corrected chi connectivity index (χ1v) is 4.64. The third-order valence-electron chi connectivity index (χ3n) is 1.73. The lowest BCUT2D eigenvalue weighted by molar-refractivity contribution is -0.135. The van der Waals surface area contributed by atoms with Crippen molar-refractivity contribution in [1.29, 1.82) is 0 Å². The molecule has 0 aromatic carbocycles. The largest absolute Gasteiger partial charge is 0.466 e. The maximum absolute atomic E-state index is 11.6. The normalized spacial score (nSPS) is 11.0. The Morgan fingerprint density at radius 1 is 1.00 bits per heavy atom. The molecule has 18 heavy (non-hydrogen) atoms. The molecule has 0 radical (unpaired) electrons. The topological polar surface area (TPSA) is 105 Å². The molecule has 0 bridgehead atoms. The predicted molar refractivity (Wildman–Crippen MR) is 59.0 cm³/mol. The lowest BCUT2D eigenvalue weighted by Gasteiger charge is -1.89. The molecular weight excluding hydrogens is 244 g/mol. The zero-order chi connectivity index (χ0) is 13.5. The first kappa shape index (κ1) is 13.4. The number of hydrogen-bond donors (Lipinski definition) is 0. The van der Waals surface area contributed by atoms with E-state index < -0.39 is 17.6 Å². The zero-order valence-corrected chi connectivity index (χ0v) is 9.64. The average molecular weight is 254 g/mol. The molecule has 0 saturated heterocycles. The van der Waals surface area contributed by atoms with Gasteiger partial charge in [-0.15, -0.1) is 0 Å². The molecule has 0 unspecified atom stereocenters. The molecule has 0 aliphatic carbocycles. The molecule has 0 spiro atoms. The number of ether oxygens (including phenoxy) is 2. The van der Waals surface area contributed by atoms with Crippen LogP contribution in [0.1, 0.15) is 0 Å². The van der Waals surface area contributed by atoms with Gasteiger partial charge in [-0.05, 0) is 10.4 Å². The smallest absolute Gasteiger partial charge is 0.372 e. The number of carbonyl (C=O) groups excluding carboxylic acids is 2. The van der Waals surface area contributed by atoms with Crippen LogP contribution < -0.4 is 5.69 Å². The summed E-state index contributed by atoms with van der Waals surface area (Å²) < 4.78 is 10.3. The van der Waals surface area contributed by atoms with Gasteiger partial charge in [-0.2, -0.15) is 9.36 Å². The number of hydrogen-bond acceptors (Lipinski definition) is 7. The van der Waals surface area contributed by atoms with Crippen molar-refractivity contribution < 1.29 is 19.1 Å². The molecule has 0 N–H and O–H groups in total. The van der Waals surface area contributed by atoms with Gasteiger partial charge in [-0.25, -0.2) is 14.4 Å². The van der Waals surface area contributed by atoms with Crippen molar-refractivity contribution in [3.63, 3.8) is 0 Å². The molecule has 0 saturated carbocycles. The molecule has 0 aliphatic rings. The van der Waals surface area contributed by atoms with E-state index in [1.165, 1.54) is 14.2 Å². The lowest BCUT2D eigenvalue weighted by atomic mass is 10.6. The number of aromatic nitrogens is 4. The number of methoxy groups -OCH3 is 2. The highest BCUT2D eigenvalue weighted by Gasteiger charge is 2.02. The van der Waals surface area contributed by atoms with Crippen molar-refractivity contribution in [2.75, 3.05) is 14.2 Å². The summed E-state index contributed by atoms with van der Waals surface area (Å²) in [5.41, 5.74) is -0.657. The van der Waals surface area contributed by atoms with Crippen LogP contribution in [0.5, 0.6) is 0 Å². The highest BCUT2D eigenvalue weighted by atomic mass is 16.5. The van der Waals surface area contributed by atoms with Gasteiger partial charge in [0.15, 0.2) is 0 Å². The summed E-state index contributed by atoms with van der Waals surface area (Å²) in [4.78, 5) is 33.2. The molecule has 1 heterocycles. The standard InChI is InChI=1S/C9H10N4O5/c1-17-7(14)3-5-12-9(16)13(11-10-12)6-4-8(15)18-2/h3-6H,1-2H3/b5-3-,6-4-. The molecular formula is C9H10N4O5. The summed E-state index contributed by atoms with van der Waals surface area (Å²) in [7, 11) is 2.40. The minimum absolute atomic E-state index is 0.637. The number of tetrazole rings is 1. The molecule has 0 atom stereocenters. The molecule has 1 aromatic rings. The highest BCUT2D eigenvalue weighted by Crippen LogP contribution is 1.84. The Morgan fingerprint density at radius 3 is 1.72 bits per heavy atom. The maximum atomic E-state index is 11.6. The molecule has 1 rings (SSSR count). The van der Waals surface area contributed by atoms with E-state index in [1.807, 2.05) is 0 Å². The highest BCUT2D eigenvalue weighted by molar-refractivity contribution is 5.85. The van der Waals surface area contributed by atoms with Gasteiger partial charge in [0.1, 0.15) is 0 Å². The predicted octanol–water partition coefficient (Wildman–Crippen LogP) is -1.27. The Kier molecular flexibility index (Phi) is 4.55. The van der Waals surface area contributed by atoms with E-state index in [4.69, 9.17) is 0 Å². The second kappa shape index (κ2) is 6.13. The molecule has 9 nitrogen and oxygen atoms in total. The van der Waals surface area contributed by atoms with Gasteiger partial charge in [-0.1, -0.05) is 0 Å². The molecule has 1 aromatic heterocycles. The number of esters is 2. The molecule has 9 heteroatoms. The fourth-order valence-electron chi connectivity index (χ4n) is 0.854. The third kappa shape index (κ3) is 3.40. The Morgan fingerprint density at radius 2 is 1.39 bits per heavy atom. The summed E-state index contributed by atoms with van der Waals surface area (Å²) >= 11 is 0. The van der Waals surface area contributed by atoms with Crippen molar-refractivity contribution in [2.45, 2.75) is 0 Å². The molecule has 0 fully saturated rings. The van der Waals surface area contributed by atoms with Crippen LogP contribution in [0.15, 0.2) is 16.9 Å². The van der Waals surface area contributed by atoms with E-state index in [2.05, 4.69) is 19.9 Å². The number of carbonyl (C=O) groups is 2. The van der Waals surface area contributed by atoms with E-state index in [0.717, 1.165) is 33.9 Å². The number of rotatable bonds is 4. The van der Waals surface area contributed by atoms with Gasteiger partial charge in [0.05, 0.1) is 14.2 Å². The van der Waals surface area contributed by atoms with E-state index in [9.17, 15) is 14.4 Å². The monoisotopic (exact) mass is 254 g/mol. The Hall–Kier alpha value is -2.71. The van der Waals surface area contributed by atoms with Crippen LogP contribution in [0, 0.1) is 0 Å². The van der Waals surface area contributed by atoms with Crippen molar-refractivity contribution in [3.8, 4) is 0 Å². The Labute approximate surface area is 101 Å². The van der Waals surface area contributed by atoms with Crippen LogP contribution in [0.4, 0.5) is 0 Å². The SMILES string of the molecule is COC(=O)/C=C\n1nnn(/C=C\C(=O)OC)c1=O. The summed E-state index contributed by atoms with van der Waals surface area (Å²) in [5, 5.41) is 6.89. The average Bonchev–Trinajstić information content (AvgIpc) is 2.74. The molecule has 0 amide bonds. The minimum atomic E-state index is -0.657. The third-order valence-corrected chi connectivity index (χ3v) is 1.73. The zero-order valence-electron chi connectivity index (χ0n) is 9.64. The van der Waals surface area contributed by atoms with Crippen LogP contribution >= 0.6 is 0 Å². The summed E-state index contributed by atoms with van der Waals surface area (Å²) in [5.74, 6) is -1.27. The fourth-order valence-corrected chi connectivity index (χ4v) is 0.854. The second-order valence-electron chi connectivity index (χ2n) is 2.83. The van der Waals surface area contributed by atoms with Gasteiger partial charge in [0.25, 0.3) is 0 Å². The van der Waals surface area contributed by atoms with Gasteiger partial charge in [0, 0.05) is 24.6 Å². The van der Waals surface area contributed by atoms with Crippen LogP contribution in [-0.2, 0) is 19.1 Å². The van der Waals surface area contributed by atoms with E-state index >= 15 is 0 Å². The van der Waals surface area contributed by atoms with Crippen molar-refractivity contribution >= 4 is 24.3 Å². The first-order chi connectivity index (χ1) is 8.58. The second-order valence-corrected chi connectivity index (χ2v) is 2.83. The van der Waals surface area contributed by atoms with E-state index in [1.54, 1.807) is 0 Å². The maximum Gasteiger partial charge on any atom is 0.372 e. The van der Waals surface area contributed by atoms with Gasteiger partial charge < -0.3 is 9.47 Å². The molecule has 96 valence electrons. The van der Waals surface area contributed by atoms with Gasteiger partial charge >= 0.3 is 17.6 Å². The first-order valence-electron chi connectivity index (χ1n) is 4.64. The van der Waals surface area contributed by atoms with Gasteiger partial charge in [0.2, 0.25) is 0 Å². The molecule has 0 aliphatic heterocycles. The Balaban J connectivity index is 2.88. The van der Waals surface area contributed by atoms with Crippen molar-refractivity contribution in [2.24, 2.45) is 0 Å². The lowest BCUT2D eigenvalue weighted by Crippen LogP contribution is -2.19. The summed E-state index contributed by atoms with van der Waals surface area (Å²) in [6.45, 7) is 0. The van der Waals surface area contributed by atoms with Crippen LogP contribution in [0.25, 0.3) is 12.4 Å². The van der Waals surface area contributed by atoms with Gasteiger partial charge in [-0.3, -0.25) is 0 Å². The van der Waals surface area contributed by atoms with E-state index in [0.29, 0.717) is 0 Å². The van der Waals surface area contributed by atoms with Crippen LogP contribution in [0.2, 0.25) is 0 Å².